The first kappa shape index (κ1) is 14.1. The molecule has 1 atom stereocenters. The molecule has 3 rings (SSSR count). The van der Waals surface area contributed by atoms with E-state index in [1.807, 2.05) is 10.7 Å². The summed E-state index contributed by atoms with van der Waals surface area (Å²) in [6.07, 6.45) is 4.72. The third-order valence-corrected chi connectivity index (χ3v) is 4.59. The second-order valence-electron chi connectivity index (χ2n) is 5.45. The molecule has 0 spiro atoms. The standard InChI is InChI=1S/C16H20N4S/c1-4-12(15-6-5-9-21-15)18-16-14-10-13(11(2)3)19-20(14)8-7-17-16/h5-12H,4H2,1-3H3,(H,17,18). The van der Waals surface area contributed by atoms with Crippen molar-refractivity contribution >= 4 is 22.7 Å². The van der Waals surface area contributed by atoms with Gasteiger partial charge in [-0.05, 0) is 29.9 Å². The Morgan fingerprint density at radius 3 is 2.90 bits per heavy atom. The molecule has 4 nitrogen and oxygen atoms in total. The maximum Gasteiger partial charge on any atom is 0.152 e. The van der Waals surface area contributed by atoms with E-state index in [0.29, 0.717) is 12.0 Å². The summed E-state index contributed by atoms with van der Waals surface area (Å²) in [6.45, 7) is 6.50. The van der Waals surface area contributed by atoms with Crippen molar-refractivity contribution in [3.8, 4) is 0 Å². The average Bonchev–Trinajstić information content (AvgIpc) is 3.13. The monoisotopic (exact) mass is 300 g/mol. The van der Waals surface area contributed by atoms with Crippen LogP contribution in [0.5, 0.6) is 0 Å². The first-order chi connectivity index (χ1) is 10.2. The van der Waals surface area contributed by atoms with Crippen LogP contribution in [0.15, 0.2) is 36.0 Å². The molecule has 0 amide bonds. The van der Waals surface area contributed by atoms with Crippen LogP contribution in [0.3, 0.4) is 0 Å². The van der Waals surface area contributed by atoms with Crippen molar-refractivity contribution in [2.75, 3.05) is 5.32 Å². The van der Waals surface area contributed by atoms with E-state index in [9.17, 15) is 0 Å². The highest BCUT2D eigenvalue weighted by Crippen LogP contribution is 2.28. The van der Waals surface area contributed by atoms with E-state index >= 15 is 0 Å². The van der Waals surface area contributed by atoms with Crippen LogP contribution in [0.1, 0.15) is 49.7 Å². The lowest BCUT2D eigenvalue weighted by atomic mass is 10.1. The summed E-state index contributed by atoms with van der Waals surface area (Å²) in [5.74, 6) is 1.31. The topological polar surface area (TPSA) is 42.2 Å². The molecule has 3 heterocycles. The number of nitrogens with zero attached hydrogens (tertiary/aromatic N) is 3. The molecule has 110 valence electrons. The molecule has 0 saturated carbocycles. The van der Waals surface area contributed by atoms with Gasteiger partial charge in [0, 0.05) is 17.3 Å². The second-order valence-corrected chi connectivity index (χ2v) is 6.43. The maximum atomic E-state index is 4.61. The predicted octanol–water partition coefficient (Wildman–Crippen LogP) is 4.48. The Morgan fingerprint density at radius 2 is 2.24 bits per heavy atom. The molecular weight excluding hydrogens is 280 g/mol. The zero-order valence-corrected chi connectivity index (χ0v) is 13.4. The van der Waals surface area contributed by atoms with Gasteiger partial charge in [-0.2, -0.15) is 5.10 Å². The molecule has 1 N–H and O–H groups in total. The smallest absolute Gasteiger partial charge is 0.152 e. The molecule has 5 heteroatoms. The van der Waals surface area contributed by atoms with Gasteiger partial charge in [0.15, 0.2) is 5.82 Å². The summed E-state index contributed by atoms with van der Waals surface area (Å²) in [6, 6.07) is 6.68. The fraction of sp³-hybridized carbons (Fsp3) is 0.375. The Bertz CT molecular complexity index is 715. The number of anilines is 1. The molecule has 0 aromatic carbocycles. The average molecular weight is 300 g/mol. The summed E-state index contributed by atoms with van der Waals surface area (Å²) in [7, 11) is 0. The number of fused-ring (bicyclic) bond motifs is 1. The maximum absolute atomic E-state index is 4.61. The lowest BCUT2D eigenvalue weighted by Crippen LogP contribution is -2.10. The molecule has 21 heavy (non-hydrogen) atoms. The van der Waals surface area contributed by atoms with Gasteiger partial charge in [-0.3, -0.25) is 0 Å². The molecular formula is C16H20N4S. The van der Waals surface area contributed by atoms with Crippen LogP contribution in [-0.4, -0.2) is 14.6 Å². The van der Waals surface area contributed by atoms with Crippen LogP contribution >= 0.6 is 11.3 Å². The summed E-state index contributed by atoms with van der Waals surface area (Å²) in [4.78, 5) is 5.85. The van der Waals surface area contributed by atoms with Gasteiger partial charge < -0.3 is 5.32 Å². The van der Waals surface area contributed by atoms with E-state index in [0.717, 1.165) is 23.4 Å². The minimum atomic E-state index is 0.293. The van der Waals surface area contributed by atoms with Crippen molar-refractivity contribution < 1.29 is 0 Å². The minimum Gasteiger partial charge on any atom is -0.361 e. The first-order valence-corrected chi connectivity index (χ1v) is 8.21. The number of hydrogen-bond donors (Lipinski definition) is 1. The van der Waals surface area contributed by atoms with Crippen molar-refractivity contribution in [2.24, 2.45) is 0 Å². The molecule has 0 bridgehead atoms. The van der Waals surface area contributed by atoms with Gasteiger partial charge in [0.1, 0.15) is 5.52 Å². The molecule has 0 saturated heterocycles. The first-order valence-electron chi connectivity index (χ1n) is 7.33. The summed E-state index contributed by atoms with van der Waals surface area (Å²) < 4.78 is 1.91. The fourth-order valence-corrected chi connectivity index (χ4v) is 3.22. The van der Waals surface area contributed by atoms with E-state index in [1.54, 1.807) is 17.5 Å². The normalized spacial score (nSPS) is 13.0. The van der Waals surface area contributed by atoms with Crippen molar-refractivity contribution in [3.63, 3.8) is 0 Å². The molecule has 0 radical (unpaired) electrons. The van der Waals surface area contributed by atoms with Gasteiger partial charge >= 0.3 is 0 Å². The zero-order valence-electron chi connectivity index (χ0n) is 12.6. The van der Waals surface area contributed by atoms with E-state index in [-0.39, 0.29) is 0 Å². The predicted molar refractivity (Wildman–Crippen MR) is 88.0 cm³/mol. The van der Waals surface area contributed by atoms with Crippen LogP contribution in [0.25, 0.3) is 5.52 Å². The van der Waals surface area contributed by atoms with Crippen LogP contribution < -0.4 is 5.32 Å². The summed E-state index contributed by atoms with van der Waals surface area (Å²) in [5, 5.41) is 10.3. The number of thiophene rings is 1. The lowest BCUT2D eigenvalue weighted by molar-refractivity contribution is 0.756. The van der Waals surface area contributed by atoms with Crippen LogP contribution in [0.2, 0.25) is 0 Å². The highest BCUT2D eigenvalue weighted by Gasteiger charge is 2.14. The second kappa shape index (κ2) is 5.85. The quantitative estimate of drug-likeness (QED) is 0.755. The molecule has 1 unspecified atom stereocenters. The van der Waals surface area contributed by atoms with Gasteiger partial charge in [-0.1, -0.05) is 26.8 Å². The van der Waals surface area contributed by atoms with Crippen molar-refractivity contribution in [3.05, 3.63) is 46.5 Å². The Balaban J connectivity index is 1.96. The molecule has 0 aliphatic carbocycles. The third kappa shape index (κ3) is 2.78. The number of aromatic nitrogens is 3. The van der Waals surface area contributed by atoms with E-state index in [2.05, 4.69) is 59.7 Å². The molecule has 3 aromatic rings. The largest absolute Gasteiger partial charge is 0.361 e. The summed E-state index contributed by atoms with van der Waals surface area (Å²) in [5.41, 5.74) is 2.13. The molecule has 0 aliphatic heterocycles. The Kier molecular flexibility index (Phi) is 3.92. The van der Waals surface area contributed by atoms with Crippen LogP contribution in [-0.2, 0) is 0 Å². The van der Waals surface area contributed by atoms with Crippen LogP contribution in [0, 0.1) is 0 Å². The fourth-order valence-electron chi connectivity index (χ4n) is 2.36. The van der Waals surface area contributed by atoms with E-state index in [4.69, 9.17) is 0 Å². The highest BCUT2D eigenvalue weighted by molar-refractivity contribution is 7.10. The van der Waals surface area contributed by atoms with Gasteiger partial charge in [-0.25, -0.2) is 9.50 Å². The lowest BCUT2D eigenvalue weighted by Gasteiger charge is -2.16. The van der Waals surface area contributed by atoms with Crippen LogP contribution in [0.4, 0.5) is 5.82 Å². The van der Waals surface area contributed by atoms with Gasteiger partial charge in [0.2, 0.25) is 0 Å². The Hall–Kier alpha value is -1.88. The summed E-state index contributed by atoms with van der Waals surface area (Å²) >= 11 is 1.78. The van der Waals surface area contributed by atoms with Crippen molar-refractivity contribution in [1.29, 1.82) is 0 Å². The Labute approximate surface area is 128 Å². The molecule has 0 aliphatic rings. The Morgan fingerprint density at radius 1 is 1.38 bits per heavy atom. The molecule has 0 fully saturated rings. The minimum absolute atomic E-state index is 0.293. The van der Waals surface area contributed by atoms with Gasteiger partial charge in [-0.15, -0.1) is 11.3 Å². The number of hydrogen-bond acceptors (Lipinski definition) is 4. The van der Waals surface area contributed by atoms with E-state index < -0.39 is 0 Å². The zero-order chi connectivity index (χ0) is 14.8. The van der Waals surface area contributed by atoms with Crippen molar-refractivity contribution in [1.82, 2.24) is 14.6 Å². The number of nitrogens with one attached hydrogen (secondary N) is 1. The number of rotatable bonds is 5. The highest BCUT2D eigenvalue weighted by atomic mass is 32.1. The third-order valence-electron chi connectivity index (χ3n) is 3.61. The molecule has 3 aromatic heterocycles. The van der Waals surface area contributed by atoms with Crippen molar-refractivity contribution in [2.45, 2.75) is 39.2 Å². The van der Waals surface area contributed by atoms with Gasteiger partial charge in [0.05, 0.1) is 11.7 Å². The van der Waals surface area contributed by atoms with E-state index in [1.165, 1.54) is 4.88 Å². The van der Waals surface area contributed by atoms with Gasteiger partial charge in [0.25, 0.3) is 0 Å². The SMILES string of the molecule is CCC(Nc1nccn2nc(C(C)C)cc12)c1cccs1.